The highest BCUT2D eigenvalue weighted by Gasteiger charge is 2.39. The predicted octanol–water partition coefficient (Wildman–Crippen LogP) is 2.87. The summed E-state index contributed by atoms with van der Waals surface area (Å²) in [6.07, 6.45) is 7.61. The lowest BCUT2D eigenvalue weighted by Gasteiger charge is -2.43. The van der Waals surface area contributed by atoms with E-state index in [9.17, 15) is 0 Å². The van der Waals surface area contributed by atoms with Gasteiger partial charge in [-0.15, -0.1) is 0 Å². The molecule has 106 valence electrons. The third-order valence-electron chi connectivity index (χ3n) is 4.78. The van der Waals surface area contributed by atoms with E-state index in [1.54, 1.807) is 0 Å². The van der Waals surface area contributed by atoms with Crippen molar-refractivity contribution in [1.29, 1.82) is 0 Å². The molecule has 0 aromatic carbocycles. The second-order valence-corrected chi connectivity index (χ2v) is 7.01. The number of nitrogens with two attached hydrogens (primary N) is 1. The summed E-state index contributed by atoms with van der Waals surface area (Å²) < 4.78 is 12.0. The van der Waals surface area contributed by atoms with Gasteiger partial charge in [-0.3, -0.25) is 0 Å². The van der Waals surface area contributed by atoms with Crippen molar-refractivity contribution < 1.29 is 9.47 Å². The monoisotopic (exact) mass is 255 g/mol. The minimum absolute atomic E-state index is 0.0787. The average molecular weight is 255 g/mol. The molecule has 0 radical (unpaired) electrons. The first-order chi connectivity index (χ1) is 8.45. The highest BCUT2D eigenvalue weighted by atomic mass is 16.6. The van der Waals surface area contributed by atoms with Crippen molar-refractivity contribution in [3.63, 3.8) is 0 Å². The van der Waals surface area contributed by atoms with Gasteiger partial charge in [0.2, 0.25) is 0 Å². The maximum absolute atomic E-state index is 6.20. The Balaban J connectivity index is 1.82. The quantitative estimate of drug-likeness (QED) is 0.840. The maximum Gasteiger partial charge on any atom is 0.0813 e. The molecule has 18 heavy (non-hydrogen) atoms. The maximum atomic E-state index is 6.20. The van der Waals surface area contributed by atoms with Gasteiger partial charge in [0.25, 0.3) is 0 Å². The van der Waals surface area contributed by atoms with Gasteiger partial charge in [-0.05, 0) is 50.9 Å². The Morgan fingerprint density at radius 2 is 1.83 bits per heavy atom. The van der Waals surface area contributed by atoms with Crippen LogP contribution in [0.15, 0.2) is 0 Å². The minimum atomic E-state index is -0.0787. The lowest BCUT2D eigenvalue weighted by Crippen LogP contribution is -2.46. The summed E-state index contributed by atoms with van der Waals surface area (Å²) in [6, 6.07) is 0. The third kappa shape index (κ3) is 3.46. The molecule has 1 saturated carbocycles. The molecule has 3 heteroatoms. The molecule has 1 saturated heterocycles. The standard InChI is InChI=1S/C15H29NO2/c1-12-4-5-13(18-12)10-17-15(11-16)8-6-14(2,3)7-9-15/h12-13H,4-11,16H2,1-3H3. The first kappa shape index (κ1) is 14.3. The fourth-order valence-electron chi connectivity index (χ4n) is 3.07. The van der Waals surface area contributed by atoms with Crippen molar-refractivity contribution in [2.75, 3.05) is 13.2 Å². The highest BCUT2D eigenvalue weighted by Crippen LogP contribution is 2.41. The Hall–Kier alpha value is -0.120. The Morgan fingerprint density at radius 3 is 2.33 bits per heavy atom. The molecule has 0 aromatic heterocycles. The SMILES string of the molecule is CC1CCC(COC2(CN)CCC(C)(C)CC2)O1. The van der Waals surface area contributed by atoms with Crippen LogP contribution in [0, 0.1) is 5.41 Å². The van der Waals surface area contributed by atoms with Crippen LogP contribution in [0.5, 0.6) is 0 Å². The summed E-state index contributed by atoms with van der Waals surface area (Å²) in [4.78, 5) is 0. The average Bonchev–Trinajstić information content (AvgIpc) is 2.75. The molecular weight excluding hydrogens is 226 g/mol. The summed E-state index contributed by atoms with van der Waals surface area (Å²) in [6.45, 7) is 8.19. The van der Waals surface area contributed by atoms with Crippen molar-refractivity contribution in [2.24, 2.45) is 11.1 Å². The van der Waals surface area contributed by atoms with E-state index in [0.29, 0.717) is 24.2 Å². The summed E-state index contributed by atoms with van der Waals surface area (Å²) in [5.74, 6) is 0. The van der Waals surface area contributed by atoms with Crippen molar-refractivity contribution in [3.8, 4) is 0 Å². The van der Waals surface area contributed by atoms with Gasteiger partial charge in [0.05, 0.1) is 24.4 Å². The Morgan fingerprint density at radius 1 is 1.17 bits per heavy atom. The second kappa shape index (κ2) is 5.48. The Labute approximate surface area is 111 Å². The molecule has 2 fully saturated rings. The Bertz CT molecular complexity index is 268. The number of ether oxygens (including phenoxy) is 2. The Kier molecular flexibility index (Phi) is 4.35. The molecule has 2 rings (SSSR count). The van der Waals surface area contributed by atoms with Gasteiger partial charge in [0, 0.05) is 6.54 Å². The van der Waals surface area contributed by atoms with Crippen molar-refractivity contribution in [1.82, 2.24) is 0 Å². The summed E-state index contributed by atoms with van der Waals surface area (Å²) in [5, 5.41) is 0. The van der Waals surface area contributed by atoms with Crippen LogP contribution in [0.1, 0.15) is 59.3 Å². The molecule has 0 spiro atoms. The van der Waals surface area contributed by atoms with Gasteiger partial charge in [-0.1, -0.05) is 13.8 Å². The zero-order valence-corrected chi connectivity index (χ0v) is 12.2. The van der Waals surface area contributed by atoms with Crippen LogP contribution in [-0.2, 0) is 9.47 Å². The zero-order valence-electron chi connectivity index (χ0n) is 12.2. The predicted molar refractivity (Wildman–Crippen MR) is 73.6 cm³/mol. The van der Waals surface area contributed by atoms with E-state index in [-0.39, 0.29) is 5.60 Å². The highest BCUT2D eigenvalue weighted by molar-refractivity contribution is 4.91. The van der Waals surface area contributed by atoms with Crippen LogP contribution in [0.25, 0.3) is 0 Å². The molecule has 2 unspecified atom stereocenters. The van der Waals surface area contributed by atoms with Crippen LogP contribution in [0.2, 0.25) is 0 Å². The minimum Gasteiger partial charge on any atom is -0.373 e. The van der Waals surface area contributed by atoms with E-state index in [1.807, 2.05) is 0 Å². The molecule has 1 aliphatic heterocycles. The third-order valence-corrected chi connectivity index (χ3v) is 4.78. The lowest BCUT2D eigenvalue weighted by atomic mass is 9.71. The van der Waals surface area contributed by atoms with E-state index in [4.69, 9.17) is 15.2 Å². The lowest BCUT2D eigenvalue weighted by molar-refractivity contribution is -0.114. The molecule has 0 amide bonds. The number of hydrogen-bond acceptors (Lipinski definition) is 3. The van der Waals surface area contributed by atoms with E-state index in [0.717, 1.165) is 32.3 Å². The van der Waals surface area contributed by atoms with Crippen LogP contribution in [0.3, 0.4) is 0 Å². The van der Waals surface area contributed by atoms with Crippen molar-refractivity contribution in [2.45, 2.75) is 77.1 Å². The molecule has 2 N–H and O–H groups in total. The van der Waals surface area contributed by atoms with Crippen LogP contribution >= 0.6 is 0 Å². The molecule has 1 aliphatic carbocycles. The summed E-state index contributed by atoms with van der Waals surface area (Å²) >= 11 is 0. The zero-order chi connectivity index (χ0) is 13.2. The molecule has 2 aliphatic rings. The van der Waals surface area contributed by atoms with E-state index in [1.165, 1.54) is 12.8 Å². The van der Waals surface area contributed by atoms with E-state index in [2.05, 4.69) is 20.8 Å². The van der Waals surface area contributed by atoms with Gasteiger partial charge >= 0.3 is 0 Å². The molecular formula is C15H29NO2. The molecule has 3 nitrogen and oxygen atoms in total. The first-order valence-electron chi connectivity index (χ1n) is 7.44. The van der Waals surface area contributed by atoms with Gasteiger partial charge < -0.3 is 15.2 Å². The van der Waals surface area contributed by atoms with Crippen LogP contribution in [0.4, 0.5) is 0 Å². The van der Waals surface area contributed by atoms with Gasteiger partial charge in [0.1, 0.15) is 0 Å². The molecule has 0 bridgehead atoms. The largest absolute Gasteiger partial charge is 0.373 e. The summed E-state index contributed by atoms with van der Waals surface area (Å²) in [7, 11) is 0. The second-order valence-electron chi connectivity index (χ2n) is 7.01. The number of rotatable bonds is 4. The normalized spacial score (nSPS) is 34.7. The van der Waals surface area contributed by atoms with Crippen LogP contribution in [-0.4, -0.2) is 31.0 Å². The van der Waals surface area contributed by atoms with Crippen molar-refractivity contribution in [3.05, 3.63) is 0 Å². The molecule has 1 heterocycles. The number of hydrogen-bond donors (Lipinski definition) is 1. The van der Waals surface area contributed by atoms with Crippen LogP contribution < -0.4 is 5.73 Å². The molecule has 0 aromatic rings. The van der Waals surface area contributed by atoms with Gasteiger partial charge in [-0.2, -0.15) is 0 Å². The first-order valence-corrected chi connectivity index (χ1v) is 7.44. The smallest absolute Gasteiger partial charge is 0.0813 e. The summed E-state index contributed by atoms with van der Waals surface area (Å²) in [5.41, 5.74) is 6.35. The van der Waals surface area contributed by atoms with Gasteiger partial charge in [-0.25, -0.2) is 0 Å². The van der Waals surface area contributed by atoms with E-state index < -0.39 is 0 Å². The topological polar surface area (TPSA) is 44.5 Å². The molecule has 2 atom stereocenters. The fourth-order valence-corrected chi connectivity index (χ4v) is 3.07. The fraction of sp³-hybridized carbons (Fsp3) is 1.00. The van der Waals surface area contributed by atoms with E-state index >= 15 is 0 Å². The van der Waals surface area contributed by atoms with Crippen molar-refractivity contribution >= 4 is 0 Å². The van der Waals surface area contributed by atoms with Gasteiger partial charge in [0.15, 0.2) is 0 Å².